The smallest absolute Gasteiger partial charge is 0.223 e. The highest BCUT2D eigenvalue weighted by molar-refractivity contribution is 5.77. The van der Waals surface area contributed by atoms with E-state index in [1.807, 2.05) is 0 Å². The number of primary amides is 1. The van der Waals surface area contributed by atoms with E-state index < -0.39 is 6.10 Å². The van der Waals surface area contributed by atoms with Crippen molar-refractivity contribution in [3.05, 3.63) is 0 Å². The zero-order valence-corrected chi connectivity index (χ0v) is 5.21. The average molecular weight is 129 g/mol. The normalized spacial score (nSPS) is 34.8. The summed E-state index contributed by atoms with van der Waals surface area (Å²) >= 11 is 0. The fraction of sp³-hybridized carbons (Fsp3) is 0.833. The van der Waals surface area contributed by atoms with Gasteiger partial charge in [0.1, 0.15) is 0 Å². The fourth-order valence-corrected chi connectivity index (χ4v) is 1.27. The zero-order valence-electron chi connectivity index (χ0n) is 5.21. The summed E-state index contributed by atoms with van der Waals surface area (Å²) in [6, 6.07) is 0. The Hall–Kier alpha value is -0.570. The predicted molar refractivity (Wildman–Crippen MR) is 32.5 cm³/mol. The number of aliphatic hydroxyl groups is 1. The van der Waals surface area contributed by atoms with Gasteiger partial charge in [-0.15, -0.1) is 0 Å². The highest BCUT2D eigenvalue weighted by Gasteiger charge is 2.29. The van der Waals surface area contributed by atoms with Crippen LogP contribution in [0.1, 0.15) is 19.3 Å². The Bertz CT molecular complexity index is 124. The number of hydrogen-bond donors (Lipinski definition) is 2. The second-order valence-corrected chi connectivity index (χ2v) is 2.51. The number of carbonyl (C=O) groups excluding carboxylic acids is 1. The standard InChI is InChI=1S/C6H11NO2/c7-6(9)4-2-1-3-5(4)8/h4-5,8H,1-3H2,(H2,7,9)/t4-,5-/m1/s1. The molecule has 3 heteroatoms. The van der Waals surface area contributed by atoms with E-state index >= 15 is 0 Å². The van der Waals surface area contributed by atoms with Gasteiger partial charge in [-0.3, -0.25) is 4.79 Å². The molecule has 0 unspecified atom stereocenters. The average Bonchev–Trinajstić information content (AvgIpc) is 2.13. The monoisotopic (exact) mass is 129 g/mol. The lowest BCUT2D eigenvalue weighted by molar-refractivity contribution is -0.124. The molecule has 0 heterocycles. The Morgan fingerprint density at radius 3 is 2.44 bits per heavy atom. The van der Waals surface area contributed by atoms with Crippen LogP contribution in [0.4, 0.5) is 0 Å². The van der Waals surface area contributed by atoms with Crippen LogP contribution in [-0.4, -0.2) is 17.1 Å². The third kappa shape index (κ3) is 1.21. The minimum Gasteiger partial charge on any atom is -0.392 e. The molecule has 1 rings (SSSR count). The van der Waals surface area contributed by atoms with Crippen LogP contribution in [0.2, 0.25) is 0 Å². The molecule has 3 nitrogen and oxygen atoms in total. The summed E-state index contributed by atoms with van der Waals surface area (Å²) in [6.45, 7) is 0. The van der Waals surface area contributed by atoms with Crippen LogP contribution in [0.25, 0.3) is 0 Å². The SMILES string of the molecule is NC(=O)[C@@H]1CCC[C@H]1O. The predicted octanol–water partition coefficient (Wildman–Crippen LogP) is -0.367. The van der Waals surface area contributed by atoms with Gasteiger partial charge in [0, 0.05) is 0 Å². The van der Waals surface area contributed by atoms with Gasteiger partial charge in [-0.05, 0) is 19.3 Å². The Labute approximate surface area is 53.9 Å². The molecule has 1 saturated carbocycles. The van der Waals surface area contributed by atoms with E-state index in [4.69, 9.17) is 10.8 Å². The van der Waals surface area contributed by atoms with Crippen molar-refractivity contribution in [2.24, 2.45) is 11.7 Å². The molecule has 2 atom stereocenters. The van der Waals surface area contributed by atoms with Crippen molar-refractivity contribution < 1.29 is 9.90 Å². The summed E-state index contributed by atoms with van der Waals surface area (Å²) in [5.74, 6) is -0.634. The largest absolute Gasteiger partial charge is 0.392 e. The number of hydrogen-bond acceptors (Lipinski definition) is 2. The third-order valence-corrected chi connectivity index (χ3v) is 1.84. The van der Waals surface area contributed by atoms with Gasteiger partial charge >= 0.3 is 0 Å². The maximum atomic E-state index is 10.5. The van der Waals surface area contributed by atoms with E-state index in [-0.39, 0.29) is 11.8 Å². The van der Waals surface area contributed by atoms with Gasteiger partial charge in [0.15, 0.2) is 0 Å². The van der Waals surface area contributed by atoms with E-state index in [0.717, 1.165) is 19.3 Å². The van der Waals surface area contributed by atoms with Crippen LogP contribution in [0.3, 0.4) is 0 Å². The van der Waals surface area contributed by atoms with E-state index in [9.17, 15) is 4.79 Å². The Balaban J connectivity index is 2.49. The summed E-state index contributed by atoms with van der Waals surface area (Å²) in [4.78, 5) is 10.5. The molecule has 1 aliphatic carbocycles. The Kier molecular flexibility index (Phi) is 1.71. The quantitative estimate of drug-likeness (QED) is 0.507. The number of rotatable bonds is 1. The molecule has 9 heavy (non-hydrogen) atoms. The molecule has 0 spiro atoms. The molecule has 0 aromatic rings. The van der Waals surface area contributed by atoms with Crippen LogP contribution in [-0.2, 0) is 4.79 Å². The fourth-order valence-electron chi connectivity index (χ4n) is 1.27. The summed E-state index contributed by atoms with van der Waals surface area (Å²) in [6.07, 6.45) is 1.95. The minimum atomic E-state index is -0.470. The summed E-state index contributed by atoms with van der Waals surface area (Å²) in [5, 5.41) is 9.06. The van der Waals surface area contributed by atoms with Crippen LogP contribution in [0, 0.1) is 5.92 Å². The molecular weight excluding hydrogens is 118 g/mol. The lowest BCUT2D eigenvalue weighted by Crippen LogP contribution is -2.28. The molecule has 0 bridgehead atoms. The van der Waals surface area contributed by atoms with Crippen LogP contribution in [0.5, 0.6) is 0 Å². The van der Waals surface area contributed by atoms with E-state index in [2.05, 4.69) is 0 Å². The second kappa shape index (κ2) is 2.35. The number of carbonyl (C=O) groups is 1. The first-order valence-electron chi connectivity index (χ1n) is 3.19. The Morgan fingerprint density at radius 1 is 1.56 bits per heavy atom. The van der Waals surface area contributed by atoms with Crippen molar-refractivity contribution >= 4 is 5.91 Å². The minimum absolute atomic E-state index is 0.273. The maximum Gasteiger partial charge on any atom is 0.223 e. The van der Waals surface area contributed by atoms with Crippen molar-refractivity contribution in [1.29, 1.82) is 0 Å². The van der Waals surface area contributed by atoms with Gasteiger partial charge in [0.05, 0.1) is 12.0 Å². The lowest BCUT2D eigenvalue weighted by atomic mass is 10.1. The third-order valence-electron chi connectivity index (χ3n) is 1.84. The second-order valence-electron chi connectivity index (χ2n) is 2.51. The molecular formula is C6H11NO2. The van der Waals surface area contributed by atoms with Crippen LogP contribution < -0.4 is 5.73 Å². The van der Waals surface area contributed by atoms with Gasteiger partial charge in [-0.2, -0.15) is 0 Å². The summed E-state index contributed by atoms with van der Waals surface area (Å²) < 4.78 is 0. The van der Waals surface area contributed by atoms with Crippen molar-refractivity contribution in [2.45, 2.75) is 25.4 Å². The molecule has 52 valence electrons. The first kappa shape index (κ1) is 6.55. The van der Waals surface area contributed by atoms with Gasteiger partial charge in [-0.25, -0.2) is 0 Å². The van der Waals surface area contributed by atoms with Crippen molar-refractivity contribution in [1.82, 2.24) is 0 Å². The van der Waals surface area contributed by atoms with Crippen LogP contribution >= 0.6 is 0 Å². The van der Waals surface area contributed by atoms with E-state index in [0.29, 0.717) is 0 Å². The van der Waals surface area contributed by atoms with Crippen molar-refractivity contribution in [3.8, 4) is 0 Å². The van der Waals surface area contributed by atoms with Crippen LogP contribution in [0.15, 0.2) is 0 Å². The Morgan fingerprint density at radius 2 is 2.22 bits per heavy atom. The first-order chi connectivity index (χ1) is 4.22. The van der Waals surface area contributed by atoms with E-state index in [1.54, 1.807) is 0 Å². The van der Waals surface area contributed by atoms with E-state index in [1.165, 1.54) is 0 Å². The topological polar surface area (TPSA) is 63.3 Å². The molecule has 1 amide bonds. The van der Waals surface area contributed by atoms with Crippen molar-refractivity contribution in [3.63, 3.8) is 0 Å². The highest BCUT2D eigenvalue weighted by atomic mass is 16.3. The maximum absolute atomic E-state index is 10.5. The molecule has 0 aromatic heterocycles. The number of amides is 1. The first-order valence-corrected chi connectivity index (χ1v) is 3.19. The molecule has 0 aromatic carbocycles. The molecule has 1 aliphatic rings. The van der Waals surface area contributed by atoms with Gasteiger partial charge in [0.25, 0.3) is 0 Å². The van der Waals surface area contributed by atoms with Gasteiger partial charge < -0.3 is 10.8 Å². The summed E-state index contributed by atoms with van der Waals surface area (Å²) in [7, 11) is 0. The molecule has 1 fully saturated rings. The van der Waals surface area contributed by atoms with Gasteiger partial charge in [0.2, 0.25) is 5.91 Å². The van der Waals surface area contributed by atoms with Gasteiger partial charge in [-0.1, -0.05) is 0 Å². The lowest BCUT2D eigenvalue weighted by Gasteiger charge is -2.07. The summed E-state index contributed by atoms with van der Waals surface area (Å²) in [5.41, 5.74) is 4.99. The molecule has 0 saturated heterocycles. The van der Waals surface area contributed by atoms with Crippen molar-refractivity contribution in [2.75, 3.05) is 0 Å². The number of nitrogens with two attached hydrogens (primary N) is 1. The number of aliphatic hydroxyl groups excluding tert-OH is 1. The molecule has 0 radical (unpaired) electrons. The molecule has 3 N–H and O–H groups in total. The highest BCUT2D eigenvalue weighted by Crippen LogP contribution is 2.24. The molecule has 0 aliphatic heterocycles. The zero-order chi connectivity index (χ0) is 6.85.